The number of rotatable bonds is 8. The van der Waals surface area contributed by atoms with E-state index in [2.05, 4.69) is 5.10 Å². The molecular weight excluding hydrogens is 360 g/mol. The number of thioether (sulfide) groups is 1. The highest BCUT2D eigenvalue weighted by molar-refractivity contribution is 7.98. The van der Waals surface area contributed by atoms with Gasteiger partial charge in [0.05, 0.1) is 11.9 Å². The molecule has 0 N–H and O–H groups in total. The lowest BCUT2D eigenvalue weighted by Crippen LogP contribution is -2.14. The lowest BCUT2D eigenvalue weighted by Gasteiger charge is -2.05. The number of nitrogens with zero attached hydrogens (tertiary/aromatic N) is 2. The summed E-state index contributed by atoms with van der Waals surface area (Å²) in [7, 11) is 0. The first-order valence-corrected chi connectivity index (χ1v) is 9.80. The van der Waals surface area contributed by atoms with E-state index in [4.69, 9.17) is 4.74 Å². The Morgan fingerprint density at radius 1 is 1.07 bits per heavy atom. The molecule has 0 atom stereocenters. The summed E-state index contributed by atoms with van der Waals surface area (Å²) >= 11 is 1.61. The molecule has 6 heteroatoms. The standard InChI is InChI=1S/C21H20N2O3S/c1-27-19-10-8-17(9-11-19)20(24)15-26-21(25)12-7-16-13-22-23(14-16)18-5-3-2-4-6-18/h2-6,8-11,13-14H,7,12,15H2,1H3. The molecule has 0 saturated heterocycles. The summed E-state index contributed by atoms with van der Waals surface area (Å²) in [5, 5.41) is 4.30. The molecule has 0 fully saturated rings. The third kappa shape index (κ3) is 5.31. The number of esters is 1. The van der Waals surface area contributed by atoms with E-state index in [1.54, 1.807) is 34.8 Å². The highest BCUT2D eigenvalue weighted by Gasteiger charge is 2.11. The maximum absolute atomic E-state index is 12.1. The Kier molecular flexibility index (Phi) is 6.44. The molecule has 1 aromatic heterocycles. The van der Waals surface area contributed by atoms with Crippen molar-refractivity contribution in [3.63, 3.8) is 0 Å². The molecule has 0 aliphatic rings. The minimum absolute atomic E-state index is 0.201. The van der Waals surface area contributed by atoms with Crippen LogP contribution in [0.4, 0.5) is 0 Å². The molecule has 0 saturated carbocycles. The molecule has 0 bridgehead atoms. The highest BCUT2D eigenvalue weighted by atomic mass is 32.2. The van der Waals surface area contributed by atoms with Gasteiger partial charge in [0.15, 0.2) is 12.4 Å². The summed E-state index contributed by atoms with van der Waals surface area (Å²) in [5.41, 5.74) is 2.45. The van der Waals surface area contributed by atoms with E-state index in [1.807, 2.05) is 54.9 Å². The van der Waals surface area contributed by atoms with Crippen LogP contribution in [0, 0.1) is 0 Å². The normalized spacial score (nSPS) is 10.6. The molecule has 3 rings (SSSR count). The predicted molar refractivity (Wildman–Crippen MR) is 105 cm³/mol. The molecule has 1 heterocycles. The summed E-state index contributed by atoms with van der Waals surface area (Å²) in [5.74, 6) is -0.593. The van der Waals surface area contributed by atoms with Crippen molar-refractivity contribution in [3.05, 3.63) is 78.1 Å². The SMILES string of the molecule is CSc1ccc(C(=O)COC(=O)CCc2cnn(-c3ccccc3)c2)cc1. The quantitative estimate of drug-likeness (QED) is 0.336. The van der Waals surface area contributed by atoms with Gasteiger partial charge in [0.2, 0.25) is 0 Å². The van der Waals surface area contributed by atoms with Crippen LogP contribution in [0.15, 0.2) is 71.9 Å². The summed E-state index contributed by atoms with van der Waals surface area (Å²) in [4.78, 5) is 25.1. The van der Waals surface area contributed by atoms with Gasteiger partial charge in [-0.1, -0.05) is 30.3 Å². The Hall–Kier alpha value is -2.86. The van der Waals surface area contributed by atoms with Crippen molar-refractivity contribution in [1.29, 1.82) is 0 Å². The average Bonchev–Trinajstić information content (AvgIpc) is 3.20. The van der Waals surface area contributed by atoms with Crippen LogP contribution in [0.1, 0.15) is 22.3 Å². The van der Waals surface area contributed by atoms with Crippen molar-refractivity contribution in [2.75, 3.05) is 12.9 Å². The van der Waals surface area contributed by atoms with Crippen molar-refractivity contribution >= 4 is 23.5 Å². The smallest absolute Gasteiger partial charge is 0.306 e. The van der Waals surface area contributed by atoms with Crippen molar-refractivity contribution in [2.24, 2.45) is 0 Å². The predicted octanol–water partition coefficient (Wildman–Crippen LogP) is 3.95. The second kappa shape index (κ2) is 9.19. The third-order valence-electron chi connectivity index (χ3n) is 4.05. The van der Waals surface area contributed by atoms with Crippen LogP contribution >= 0.6 is 11.8 Å². The summed E-state index contributed by atoms with van der Waals surface area (Å²) in [6.07, 6.45) is 6.32. The van der Waals surface area contributed by atoms with Gasteiger partial charge in [0, 0.05) is 23.1 Å². The van der Waals surface area contributed by atoms with E-state index in [0.717, 1.165) is 16.1 Å². The molecular formula is C21H20N2O3S. The summed E-state index contributed by atoms with van der Waals surface area (Å²) in [6.45, 7) is -0.235. The molecule has 0 radical (unpaired) electrons. The molecule has 3 aromatic rings. The van der Waals surface area contributed by atoms with Gasteiger partial charge in [-0.05, 0) is 42.5 Å². The van der Waals surface area contributed by atoms with Crippen LogP contribution in [0.3, 0.4) is 0 Å². The van der Waals surface area contributed by atoms with Crippen LogP contribution < -0.4 is 0 Å². The zero-order chi connectivity index (χ0) is 19.1. The Bertz CT molecular complexity index is 905. The van der Waals surface area contributed by atoms with E-state index in [-0.39, 0.29) is 18.8 Å². The van der Waals surface area contributed by atoms with Gasteiger partial charge in [-0.2, -0.15) is 5.10 Å². The second-order valence-electron chi connectivity index (χ2n) is 5.94. The average molecular weight is 380 g/mol. The third-order valence-corrected chi connectivity index (χ3v) is 4.79. The Morgan fingerprint density at radius 2 is 1.81 bits per heavy atom. The van der Waals surface area contributed by atoms with Gasteiger partial charge in [0.1, 0.15) is 0 Å². The van der Waals surface area contributed by atoms with Gasteiger partial charge in [0.25, 0.3) is 0 Å². The number of Topliss-reactive ketones (excluding diaryl/α,β-unsaturated/α-hetero) is 1. The minimum atomic E-state index is -0.392. The van der Waals surface area contributed by atoms with Crippen LogP contribution in [-0.2, 0) is 16.0 Å². The molecule has 0 unspecified atom stereocenters. The van der Waals surface area contributed by atoms with E-state index >= 15 is 0 Å². The topological polar surface area (TPSA) is 61.2 Å². The molecule has 0 aliphatic heterocycles. The van der Waals surface area contributed by atoms with Crippen molar-refractivity contribution in [2.45, 2.75) is 17.7 Å². The fraction of sp³-hybridized carbons (Fsp3) is 0.190. The van der Waals surface area contributed by atoms with Crippen LogP contribution in [-0.4, -0.2) is 34.4 Å². The van der Waals surface area contributed by atoms with E-state index in [1.165, 1.54) is 0 Å². The number of aromatic nitrogens is 2. The van der Waals surface area contributed by atoms with Gasteiger partial charge < -0.3 is 4.74 Å². The zero-order valence-electron chi connectivity index (χ0n) is 15.0. The van der Waals surface area contributed by atoms with E-state index < -0.39 is 5.97 Å². The molecule has 0 amide bonds. The maximum atomic E-state index is 12.1. The Balaban J connectivity index is 1.45. The molecule has 0 spiro atoms. The van der Waals surface area contributed by atoms with E-state index in [0.29, 0.717) is 12.0 Å². The number of carbonyl (C=O) groups excluding carboxylic acids is 2. The lowest BCUT2D eigenvalue weighted by atomic mass is 10.1. The van der Waals surface area contributed by atoms with Crippen molar-refractivity contribution < 1.29 is 14.3 Å². The van der Waals surface area contributed by atoms with Crippen LogP contribution in [0.5, 0.6) is 0 Å². The molecule has 138 valence electrons. The van der Waals surface area contributed by atoms with Crippen molar-refractivity contribution in [1.82, 2.24) is 9.78 Å². The number of hydrogen-bond donors (Lipinski definition) is 0. The second-order valence-corrected chi connectivity index (χ2v) is 6.82. The number of benzene rings is 2. The summed E-state index contributed by atoms with van der Waals surface area (Å²) in [6, 6.07) is 17.0. The Labute approximate surface area is 162 Å². The van der Waals surface area contributed by atoms with Crippen molar-refractivity contribution in [3.8, 4) is 5.69 Å². The van der Waals surface area contributed by atoms with Gasteiger partial charge in [-0.3, -0.25) is 9.59 Å². The summed E-state index contributed by atoms with van der Waals surface area (Å²) < 4.78 is 6.87. The molecule has 0 aliphatic carbocycles. The minimum Gasteiger partial charge on any atom is -0.457 e. The van der Waals surface area contributed by atoms with Crippen LogP contribution in [0.25, 0.3) is 5.69 Å². The molecule has 27 heavy (non-hydrogen) atoms. The fourth-order valence-corrected chi connectivity index (χ4v) is 2.94. The first-order valence-electron chi connectivity index (χ1n) is 8.57. The first-order chi connectivity index (χ1) is 13.2. The molecule has 2 aromatic carbocycles. The number of para-hydroxylation sites is 1. The Morgan fingerprint density at radius 3 is 2.52 bits per heavy atom. The first kappa shape index (κ1) is 18.9. The number of ketones is 1. The van der Waals surface area contributed by atoms with Crippen LogP contribution in [0.2, 0.25) is 0 Å². The fourth-order valence-electron chi connectivity index (χ4n) is 2.54. The van der Waals surface area contributed by atoms with Gasteiger partial charge in [-0.15, -0.1) is 11.8 Å². The van der Waals surface area contributed by atoms with Gasteiger partial charge >= 0.3 is 5.97 Å². The largest absolute Gasteiger partial charge is 0.457 e. The van der Waals surface area contributed by atoms with Gasteiger partial charge in [-0.25, -0.2) is 4.68 Å². The lowest BCUT2D eigenvalue weighted by molar-refractivity contribution is -0.142. The number of hydrogen-bond acceptors (Lipinski definition) is 5. The number of ether oxygens (including phenoxy) is 1. The maximum Gasteiger partial charge on any atom is 0.306 e. The zero-order valence-corrected chi connectivity index (χ0v) is 15.8. The number of carbonyl (C=O) groups is 2. The monoisotopic (exact) mass is 380 g/mol. The number of aryl methyl sites for hydroxylation is 1. The highest BCUT2D eigenvalue weighted by Crippen LogP contribution is 2.15. The van der Waals surface area contributed by atoms with E-state index in [9.17, 15) is 9.59 Å². The molecule has 5 nitrogen and oxygen atoms in total.